The molecule has 2 aliphatic heterocycles. The van der Waals surface area contributed by atoms with E-state index in [0.717, 1.165) is 16.3 Å². The molecule has 2 aromatic carbocycles. The van der Waals surface area contributed by atoms with Gasteiger partial charge in [0.15, 0.2) is 0 Å². The Bertz CT molecular complexity index is 1410. The zero-order chi connectivity index (χ0) is 24.0. The normalized spacial score (nSPS) is 32.5. The monoisotopic (exact) mass is 504 g/mol. The number of fused-ring (bicyclic) bond motifs is 9. The molecular weight excluding hydrogens is 480 g/mol. The minimum Gasteiger partial charge on any atom is -0.497 e. The zero-order valence-corrected chi connectivity index (χ0v) is 20.9. The molecule has 2 saturated carbocycles. The van der Waals surface area contributed by atoms with Crippen LogP contribution in [0.4, 0.5) is 5.69 Å². The first-order chi connectivity index (χ1) is 17.0. The van der Waals surface area contributed by atoms with Crippen molar-refractivity contribution in [3.8, 4) is 5.75 Å². The summed E-state index contributed by atoms with van der Waals surface area (Å²) in [6.07, 6.45) is 0.896. The van der Waals surface area contributed by atoms with Gasteiger partial charge in [0.05, 0.1) is 29.7 Å². The maximum atomic E-state index is 13.8. The van der Waals surface area contributed by atoms with Crippen molar-refractivity contribution in [2.75, 3.05) is 12.0 Å². The number of thioether (sulfide) groups is 1. The molecule has 178 valence electrons. The fourth-order valence-electron chi connectivity index (χ4n) is 7.15. The number of hydrogen-bond acceptors (Lipinski definition) is 6. The second-order valence-electron chi connectivity index (χ2n) is 10.1. The maximum absolute atomic E-state index is 13.8. The molecule has 3 aromatic rings. The highest BCUT2D eigenvalue weighted by Crippen LogP contribution is 2.68. The number of rotatable bonds is 3. The standard InChI is InChI=1S/C27H24N2O4S2/c1-12-3-5-13(6-4-12)18-19-16-11-17(22(19)34-24-23(18)35-27(32)28-24)21-20(16)25(30)29(26(21)31)14-7-9-15(33-2)10-8-14/h3-10,16-22H,11H2,1-2H3,(H,28,32). The summed E-state index contributed by atoms with van der Waals surface area (Å²) in [7, 11) is 1.60. The van der Waals surface area contributed by atoms with Gasteiger partial charge in [0, 0.05) is 16.0 Å². The lowest BCUT2D eigenvalue weighted by Crippen LogP contribution is -2.42. The smallest absolute Gasteiger partial charge is 0.305 e. The van der Waals surface area contributed by atoms with Crippen molar-refractivity contribution in [2.45, 2.75) is 29.5 Å². The first kappa shape index (κ1) is 21.4. The third kappa shape index (κ3) is 2.93. The van der Waals surface area contributed by atoms with Crippen LogP contribution in [0.5, 0.6) is 5.75 Å². The Morgan fingerprint density at radius 3 is 2.31 bits per heavy atom. The molecule has 1 aromatic heterocycles. The van der Waals surface area contributed by atoms with Crippen LogP contribution >= 0.6 is 23.1 Å². The van der Waals surface area contributed by atoms with E-state index in [2.05, 4.69) is 36.2 Å². The Balaban J connectivity index is 1.30. The van der Waals surface area contributed by atoms with Gasteiger partial charge in [0.25, 0.3) is 0 Å². The van der Waals surface area contributed by atoms with Gasteiger partial charge in [-0.15, -0.1) is 11.8 Å². The number of nitrogens with one attached hydrogen (secondary N) is 1. The van der Waals surface area contributed by atoms with Gasteiger partial charge in [-0.3, -0.25) is 19.3 Å². The van der Waals surface area contributed by atoms with Crippen molar-refractivity contribution in [1.82, 2.24) is 4.98 Å². The first-order valence-corrected chi connectivity index (χ1v) is 13.6. The molecule has 7 atom stereocenters. The number of carbonyl (C=O) groups excluding carboxylic acids is 2. The third-order valence-electron chi connectivity index (χ3n) is 8.49. The van der Waals surface area contributed by atoms with Crippen molar-refractivity contribution in [3.05, 3.63) is 74.2 Å². The molecule has 8 heteroatoms. The second-order valence-corrected chi connectivity index (χ2v) is 12.3. The highest BCUT2D eigenvalue weighted by atomic mass is 32.2. The molecule has 6 nitrogen and oxygen atoms in total. The number of aromatic amines is 1. The van der Waals surface area contributed by atoms with Crippen LogP contribution in [-0.4, -0.2) is 29.2 Å². The molecule has 7 unspecified atom stereocenters. The van der Waals surface area contributed by atoms with E-state index in [0.29, 0.717) is 11.4 Å². The molecule has 1 saturated heterocycles. The van der Waals surface area contributed by atoms with Gasteiger partial charge in [0.2, 0.25) is 11.8 Å². The molecule has 2 bridgehead atoms. The van der Waals surface area contributed by atoms with Gasteiger partial charge in [-0.05, 0) is 60.9 Å². The summed E-state index contributed by atoms with van der Waals surface area (Å²) >= 11 is 3.02. The van der Waals surface area contributed by atoms with Gasteiger partial charge >= 0.3 is 4.87 Å². The number of aromatic nitrogens is 1. The number of methoxy groups -OCH3 is 1. The van der Waals surface area contributed by atoms with Crippen LogP contribution in [-0.2, 0) is 9.59 Å². The molecule has 0 spiro atoms. The van der Waals surface area contributed by atoms with Crippen molar-refractivity contribution in [1.29, 1.82) is 0 Å². The van der Waals surface area contributed by atoms with E-state index in [9.17, 15) is 14.4 Å². The molecule has 3 heterocycles. The number of H-pyrrole nitrogens is 1. The average molecular weight is 505 g/mol. The van der Waals surface area contributed by atoms with Gasteiger partial charge in [-0.1, -0.05) is 41.2 Å². The third-order valence-corrected chi connectivity index (χ3v) is 11.1. The number of amides is 2. The zero-order valence-electron chi connectivity index (χ0n) is 19.3. The molecule has 2 amide bonds. The SMILES string of the molecule is COc1ccc(N2C(=O)C3C4CC(C3C2=O)C2C(c3ccc(C)cc3)c3sc(=O)[nH]c3SC42)cc1. The number of imide groups is 1. The van der Waals surface area contributed by atoms with Crippen molar-refractivity contribution < 1.29 is 14.3 Å². The molecule has 1 N–H and O–H groups in total. The predicted molar refractivity (Wildman–Crippen MR) is 135 cm³/mol. The lowest BCUT2D eigenvalue weighted by atomic mass is 9.68. The summed E-state index contributed by atoms with van der Waals surface area (Å²) < 4.78 is 5.25. The lowest BCUT2D eigenvalue weighted by Gasteiger charge is -2.43. The summed E-state index contributed by atoms with van der Waals surface area (Å²) in [5.74, 6) is 0.510. The number of thiazole rings is 1. The van der Waals surface area contributed by atoms with E-state index in [1.54, 1.807) is 43.1 Å². The second kappa shape index (κ2) is 7.58. The Hall–Kier alpha value is -2.84. The predicted octanol–water partition coefficient (Wildman–Crippen LogP) is 4.43. The Morgan fingerprint density at radius 1 is 0.943 bits per heavy atom. The summed E-state index contributed by atoms with van der Waals surface area (Å²) in [4.78, 5) is 45.3. The van der Waals surface area contributed by atoms with Gasteiger partial charge in [-0.2, -0.15) is 0 Å². The summed E-state index contributed by atoms with van der Waals surface area (Å²) in [6.45, 7) is 2.07. The van der Waals surface area contributed by atoms with Crippen LogP contribution < -0.4 is 14.5 Å². The number of hydrogen-bond donors (Lipinski definition) is 1. The molecule has 7 rings (SSSR count). The maximum Gasteiger partial charge on any atom is 0.305 e. The number of aryl methyl sites for hydroxylation is 1. The number of carbonyl (C=O) groups is 2. The molecule has 4 aliphatic rings. The van der Waals surface area contributed by atoms with Gasteiger partial charge in [0.1, 0.15) is 5.75 Å². The van der Waals surface area contributed by atoms with Crippen molar-refractivity contribution in [2.24, 2.45) is 29.6 Å². The fraction of sp³-hybridized carbons (Fsp3) is 0.370. The van der Waals surface area contributed by atoms with Crippen LogP contribution in [0.25, 0.3) is 0 Å². The fourth-order valence-corrected chi connectivity index (χ4v) is 10.0. The minimum absolute atomic E-state index is 0.0371. The number of benzene rings is 2. The summed E-state index contributed by atoms with van der Waals surface area (Å²) in [5.41, 5.74) is 3.00. The van der Waals surface area contributed by atoms with E-state index in [1.807, 2.05) is 0 Å². The summed E-state index contributed by atoms with van der Waals surface area (Å²) in [5, 5.41) is 1.15. The Kier molecular flexibility index (Phi) is 4.64. The average Bonchev–Trinajstić information content (AvgIpc) is 3.59. The van der Waals surface area contributed by atoms with E-state index < -0.39 is 0 Å². The van der Waals surface area contributed by atoms with Crippen molar-refractivity contribution in [3.63, 3.8) is 0 Å². The van der Waals surface area contributed by atoms with E-state index in [1.165, 1.54) is 27.4 Å². The topological polar surface area (TPSA) is 79.5 Å². The van der Waals surface area contributed by atoms with Crippen LogP contribution in [0, 0.1) is 36.5 Å². The minimum atomic E-state index is -0.290. The quantitative estimate of drug-likeness (QED) is 0.534. The van der Waals surface area contributed by atoms with Crippen LogP contribution in [0.3, 0.4) is 0 Å². The first-order valence-electron chi connectivity index (χ1n) is 11.9. The van der Waals surface area contributed by atoms with E-state index in [4.69, 9.17) is 4.74 Å². The van der Waals surface area contributed by atoms with E-state index in [-0.39, 0.29) is 57.4 Å². The van der Waals surface area contributed by atoms with Crippen LogP contribution in [0.15, 0.2) is 58.4 Å². The van der Waals surface area contributed by atoms with Gasteiger partial charge in [-0.25, -0.2) is 0 Å². The summed E-state index contributed by atoms with van der Waals surface area (Å²) in [6, 6.07) is 15.7. The molecular formula is C27H24N2O4S2. The Labute approximate surface area is 210 Å². The molecule has 3 fully saturated rings. The van der Waals surface area contributed by atoms with Gasteiger partial charge < -0.3 is 9.72 Å². The highest BCUT2D eigenvalue weighted by Gasteiger charge is 2.69. The largest absolute Gasteiger partial charge is 0.497 e. The number of anilines is 1. The molecule has 0 radical (unpaired) electrons. The lowest BCUT2D eigenvalue weighted by molar-refractivity contribution is -0.123. The van der Waals surface area contributed by atoms with E-state index >= 15 is 0 Å². The highest BCUT2D eigenvalue weighted by molar-refractivity contribution is 8.00. The number of nitrogens with zero attached hydrogens (tertiary/aromatic N) is 1. The molecule has 35 heavy (non-hydrogen) atoms. The van der Waals surface area contributed by atoms with Crippen LogP contribution in [0.2, 0.25) is 0 Å². The molecule has 2 aliphatic carbocycles. The van der Waals surface area contributed by atoms with Crippen LogP contribution in [0.1, 0.15) is 28.3 Å². The number of ether oxygens (including phenoxy) is 1. The Morgan fingerprint density at radius 2 is 1.63 bits per heavy atom. The van der Waals surface area contributed by atoms with Crippen molar-refractivity contribution >= 4 is 40.6 Å².